The third kappa shape index (κ3) is 5.03. The summed E-state index contributed by atoms with van der Waals surface area (Å²) in [5.74, 6) is 0. The molecule has 52 valence electrons. The third-order valence-corrected chi connectivity index (χ3v) is 0.635. The van der Waals surface area contributed by atoms with Crippen LogP contribution in [0.25, 0.3) is 0 Å². The van der Waals surface area contributed by atoms with Gasteiger partial charge < -0.3 is 10.3 Å². The first-order valence-corrected chi connectivity index (χ1v) is 2.84. The van der Waals surface area contributed by atoms with Crippen LogP contribution < -0.4 is 5.32 Å². The fourth-order valence-electron chi connectivity index (χ4n) is 0.325. The lowest BCUT2D eigenvalue weighted by molar-refractivity contribution is 1.02. The van der Waals surface area contributed by atoms with Crippen LogP contribution in [0.1, 0.15) is 5.69 Å². The number of aromatic amines is 1. The molecule has 0 radical (unpaired) electrons. The Morgan fingerprint density at radius 3 is 2.22 bits per heavy atom. The van der Waals surface area contributed by atoms with Gasteiger partial charge in [-0.2, -0.15) is 0 Å². The Kier molecular flexibility index (Phi) is 4.82. The quantitative estimate of drug-likeness (QED) is 0.534. The minimum atomic E-state index is 1.11. The Bertz CT molecular complexity index is 123. The van der Waals surface area contributed by atoms with Crippen LogP contribution in [0.4, 0.5) is 0 Å². The number of rotatable bonds is 0. The van der Waals surface area contributed by atoms with Gasteiger partial charge in [0.2, 0.25) is 0 Å². The molecule has 0 unspecified atom stereocenters. The van der Waals surface area contributed by atoms with Crippen LogP contribution in [0.2, 0.25) is 0 Å². The average molecular weight is 127 g/mol. The fourth-order valence-corrected chi connectivity index (χ4v) is 0.325. The molecule has 0 fully saturated rings. The van der Waals surface area contributed by atoms with Crippen LogP contribution in [-0.2, 0) is 0 Å². The lowest BCUT2D eigenvalue weighted by Gasteiger charge is -1.67. The molecular weight excluding hydrogens is 114 g/mol. The van der Waals surface area contributed by atoms with E-state index in [-0.39, 0.29) is 0 Å². The van der Waals surface area contributed by atoms with Crippen LogP contribution in [0, 0.1) is 6.92 Å². The normalized spacial score (nSPS) is 7.89. The molecule has 0 bridgehead atoms. The van der Waals surface area contributed by atoms with Gasteiger partial charge in [0.1, 0.15) is 0 Å². The van der Waals surface area contributed by atoms with Gasteiger partial charge in [-0.3, -0.25) is 0 Å². The molecule has 0 amide bonds. The monoisotopic (exact) mass is 127 g/mol. The van der Waals surface area contributed by atoms with Gasteiger partial charge >= 0.3 is 0 Å². The SMILES string of the molecule is CNC.Cc1cnc[nH]1. The molecule has 1 aromatic heterocycles. The molecule has 0 aliphatic heterocycles. The summed E-state index contributed by atoms with van der Waals surface area (Å²) >= 11 is 0. The lowest BCUT2D eigenvalue weighted by Crippen LogP contribution is -1.89. The number of aromatic nitrogens is 2. The van der Waals surface area contributed by atoms with Crippen LogP contribution in [0.3, 0.4) is 0 Å². The molecule has 9 heavy (non-hydrogen) atoms. The number of imidazole rings is 1. The molecule has 2 N–H and O–H groups in total. The predicted molar refractivity (Wildman–Crippen MR) is 38.3 cm³/mol. The van der Waals surface area contributed by atoms with Crippen molar-refractivity contribution >= 4 is 0 Å². The van der Waals surface area contributed by atoms with Crippen molar-refractivity contribution in [3.63, 3.8) is 0 Å². The molecule has 1 aromatic rings. The summed E-state index contributed by atoms with van der Waals surface area (Å²) in [6, 6.07) is 0. The van der Waals surface area contributed by atoms with Crippen molar-refractivity contribution in [1.82, 2.24) is 15.3 Å². The second-order valence-corrected chi connectivity index (χ2v) is 1.73. The molecule has 1 rings (SSSR count). The molecule has 3 heteroatoms. The first-order valence-electron chi connectivity index (χ1n) is 2.84. The predicted octanol–water partition coefficient (Wildman–Crippen LogP) is 0.554. The topological polar surface area (TPSA) is 40.7 Å². The van der Waals surface area contributed by atoms with Crippen molar-refractivity contribution in [2.75, 3.05) is 14.1 Å². The average Bonchev–Trinajstić information content (AvgIpc) is 2.20. The fraction of sp³-hybridized carbons (Fsp3) is 0.500. The summed E-state index contributed by atoms with van der Waals surface area (Å²) < 4.78 is 0. The van der Waals surface area contributed by atoms with Gasteiger partial charge in [-0.25, -0.2) is 4.98 Å². The van der Waals surface area contributed by atoms with E-state index in [9.17, 15) is 0 Å². The number of nitrogens with zero attached hydrogens (tertiary/aromatic N) is 1. The highest BCUT2D eigenvalue weighted by molar-refractivity contribution is 4.87. The van der Waals surface area contributed by atoms with E-state index in [1.165, 1.54) is 0 Å². The Hall–Kier alpha value is -0.830. The Morgan fingerprint density at radius 2 is 2.11 bits per heavy atom. The van der Waals surface area contributed by atoms with Crippen LogP contribution in [0.5, 0.6) is 0 Å². The zero-order valence-corrected chi connectivity index (χ0v) is 6.10. The minimum Gasteiger partial charge on any atom is -0.349 e. The first kappa shape index (κ1) is 8.17. The molecule has 0 aromatic carbocycles. The highest BCUT2D eigenvalue weighted by Gasteiger charge is 1.73. The maximum absolute atomic E-state index is 3.77. The molecule has 0 saturated heterocycles. The second kappa shape index (κ2) is 5.31. The van der Waals surface area contributed by atoms with E-state index < -0.39 is 0 Å². The molecule has 0 aliphatic rings. The maximum Gasteiger partial charge on any atom is 0.0921 e. The Morgan fingerprint density at radius 1 is 1.56 bits per heavy atom. The summed E-state index contributed by atoms with van der Waals surface area (Å²) in [7, 11) is 3.75. The van der Waals surface area contributed by atoms with E-state index in [2.05, 4.69) is 15.3 Å². The standard InChI is InChI=1S/C4H6N2.C2H7N/c1-4-2-5-3-6-4;1-3-2/h2-3H,1H3,(H,5,6);3H,1-2H3. The van der Waals surface area contributed by atoms with Crippen LogP contribution >= 0.6 is 0 Å². The van der Waals surface area contributed by atoms with Crippen molar-refractivity contribution in [3.8, 4) is 0 Å². The van der Waals surface area contributed by atoms with Crippen molar-refractivity contribution in [2.24, 2.45) is 0 Å². The van der Waals surface area contributed by atoms with Crippen LogP contribution in [0.15, 0.2) is 12.5 Å². The molecule has 0 atom stereocenters. The maximum atomic E-state index is 3.77. The van der Waals surface area contributed by atoms with Gasteiger partial charge in [-0.15, -0.1) is 0 Å². The van der Waals surface area contributed by atoms with E-state index in [0.29, 0.717) is 0 Å². The molecule has 3 nitrogen and oxygen atoms in total. The minimum absolute atomic E-state index is 1.11. The molecule has 0 aliphatic carbocycles. The van der Waals surface area contributed by atoms with E-state index in [4.69, 9.17) is 0 Å². The molecule has 0 spiro atoms. The van der Waals surface area contributed by atoms with E-state index in [1.54, 1.807) is 12.5 Å². The van der Waals surface area contributed by atoms with E-state index in [0.717, 1.165) is 5.69 Å². The number of nitrogens with one attached hydrogen (secondary N) is 2. The third-order valence-electron chi connectivity index (χ3n) is 0.635. The largest absolute Gasteiger partial charge is 0.349 e. The second-order valence-electron chi connectivity index (χ2n) is 1.73. The van der Waals surface area contributed by atoms with Gasteiger partial charge in [-0.1, -0.05) is 0 Å². The highest BCUT2D eigenvalue weighted by atomic mass is 14.8. The summed E-state index contributed by atoms with van der Waals surface area (Å²) in [4.78, 5) is 6.66. The Labute approximate surface area is 55.5 Å². The van der Waals surface area contributed by atoms with E-state index >= 15 is 0 Å². The van der Waals surface area contributed by atoms with Crippen molar-refractivity contribution in [3.05, 3.63) is 18.2 Å². The summed E-state index contributed by atoms with van der Waals surface area (Å²) in [5, 5.41) is 2.75. The van der Waals surface area contributed by atoms with Crippen molar-refractivity contribution in [2.45, 2.75) is 6.92 Å². The molecular formula is C6H13N3. The van der Waals surface area contributed by atoms with Crippen LogP contribution in [-0.4, -0.2) is 24.1 Å². The number of aryl methyl sites for hydroxylation is 1. The van der Waals surface area contributed by atoms with E-state index in [1.807, 2.05) is 21.0 Å². The van der Waals surface area contributed by atoms with Crippen molar-refractivity contribution < 1.29 is 0 Å². The smallest absolute Gasteiger partial charge is 0.0921 e. The summed E-state index contributed by atoms with van der Waals surface area (Å²) in [5.41, 5.74) is 1.11. The number of H-pyrrole nitrogens is 1. The summed E-state index contributed by atoms with van der Waals surface area (Å²) in [6.45, 7) is 1.97. The molecule has 0 saturated carbocycles. The molecule has 1 heterocycles. The zero-order valence-electron chi connectivity index (χ0n) is 6.10. The zero-order chi connectivity index (χ0) is 7.11. The highest BCUT2D eigenvalue weighted by Crippen LogP contribution is 1.81. The van der Waals surface area contributed by atoms with Gasteiger partial charge in [0, 0.05) is 11.9 Å². The first-order chi connectivity index (χ1) is 4.31. The Balaban J connectivity index is 0.000000187. The number of hydrogen-bond acceptors (Lipinski definition) is 2. The van der Waals surface area contributed by atoms with Gasteiger partial charge in [0.15, 0.2) is 0 Å². The van der Waals surface area contributed by atoms with Gasteiger partial charge in [0.05, 0.1) is 6.33 Å². The van der Waals surface area contributed by atoms with Gasteiger partial charge in [-0.05, 0) is 21.0 Å². The van der Waals surface area contributed by atoms with Gasteiger partial charge in [0.25, 0.3) is 0 Å². The van der Waals surface area contributed by atoms with Crippen molar-refractivity contribution in [1.29, 1.82) is 0 Å². The lowest BCUT2D eigenvalue weighted by atomic mass is 10.6. The number of hydrogen-bond donors (Lipinski definition) is 2. The summed E-state index contributed by atoms with van der Waals surface area (Å²) in [6.07, 6.45) is 3.44.